The molecular weight excluding hydrogens is 509 g/mol. The summed E-state index contributed by atoms with van der Waals surface area (Å²) in [6.07, 6.45) is -10.8. The molecule has 35 heavy (non-hydrogen) atoms. The number of hydrogen-bond acceptors (Lipinski definition) is 6. The topological polar surface area (TPSA) is 97.7 Å². The third kappa shape index (κ3) is 4.69. The quantitative estimate of drug-likeness (QED) is 0.402. The molecule has 1 unspecified atom stereocenters. The first-order valence-corrected chi connectivity index (χ1v) is 11.1. The number of fused-ring (bicyclic) bond motifs is 1. The van der Waals surface area contributed by atoms with Crippen molar-refractivity contribution in [2.24, 2.45) is 0 Å². The lowest BCUT2D eigenvalue weighted by Crippen LogP contribution is -2.60. The highest BCUT2D eigenvalue weighted by Crippen LogP contribution is 2.52. The van der Waals surface area contributed by atoms with Crippen molar-refractivity contribution >= 4 is 11.4 Å². The minimum absolute atomic E-state index is 0.123. The molecule has 2 heterocycles. The Kier molecular flexibility index (Phi) is 6.87. The van der Waals surface area contributed by atoms with Crippen molar-refractivity contribution in [3.8, 4) is 17.0 Å². The van der Waals surface area contributed by atoms with Gasteiger partial charge in [0.1, 0.15) is 22.9 Å². The van der Waals surface area contributed by atoms with Gasteiger partial charge in [0, 0.05) is 22.5 Å². The van der Waals surface area contributed by atoms with Crippen molar-refractivity contribution in [2.75, 3.05) is 13.2 Å². The van der Waals surface area contributed by atoms with Gasteiger partial charge in [-0.2, -0.15) is 26.3 Å². The van der Waals surface area contributed by atoms with Gasteiger partial charge in [-0.3, -0.25) is 0 Å². The van der Waals surface area contributed by atoms with Gasteiger partial charge in [0.2, 0.25) is 11.1 Å². The summed E-state index contributed by atoms with van der Waals surface area (Å²) in [5.41, 5.74) is -10.3. The minimum Gasteiger partial charge on any atom is -0.598 e. The van der Waals surface area contributed by atoms with Crippen LogP contribution >= 0.6 is 0 Å². The second-order valence-corrected chi connectivity index (χ2v) is 10.9. The molecule has 3 rings (SSSR count). The van der Waals surface area contributed by atoms with Crippen LogP contribution in [0, 0.1) is 5.82 Å². The average molecular weight is 530 g/mol. The molecule has 0 spiro atoms. The smallest absolute Gasteiger partial charge is 0.425 e. The summed E-state index contributed by atoms with van der Waals surface area (Å²) in [4.78, 5) is 3.68. The molecule has 3 atom stereocenters. The monoisotopic (exact) mass is 530 g/mol. The van der Waals surface area contributed by atoms with Gasteiger partial charge >= 0.3 is 12.4 Å². The van der Waals surface area contributed by atoms with Gasteiger partial charge in [-0.25, -0.2) is 9.37 Å². The highest BCUT2D eigenvalue weighted by molar-refractivity contribution is 7.90. The summed E-state index contributed by atoms with van der Waals surface area (Å²) >= 11 is -2.38. The van der Waals surface area contributed by atoms with E-state index in [1.165, 1.54) is 20.8 Å². The van der Waals surface area contributed by atoms with Gasteiger partial charge in [-0.15, -0.1) is 4.72 Å². The van der Waals surface area contributed by atoms with E-state index in [1.807, 2.05) is 4.72 Å². The first-order chi connectivity index (χ1) is 15.9. The summed E-state index contributed by atoms with van der Waals surface area (Å²) in [7, 11) is 0. The molecule has 1 aliphatic heterocycles. The lowest BCUT2D eigenvalue weighted by atomic mass is 9.88. The number of benzene rings is 1. The molecule has 6 nitrogen and oxygen atoms in total. The number of rotatable bonds is 5. The molecule has 0 saturated carbocycles. The predicted octanol–water partition coefficient (Wildman–Crippen LogP) is 3.83. The standard InChI is InChI=1S/C21H21F7N2O4S/c1-17(2,3)35(33)30-18(20(23,24)25)10-34-16-13(18)8-14(19(32,9-31)21(26,27)28)29-15(16)11-4-6-12(22)7-5-11/h4-8,30-32H,9-10H2,1-3H3/t18-,19-,35?/m0/s1. The molecule has 0 radical (unpaired) electrons. The van der Waals surface area contributed by atoms with Crippen LogP contribution in [-0.4, -0.2) is 50.1 Å². The first-order valence-electron chi connectivity index (χ1n) is 9.98. The van der Waals surface area contributed by atoms with E-state index in [0.717, 1.165) is 24.3 Å². The Bertz CT molecular complexity index is 1090. The van der Waals surface area contributed by atoms with Crippen molar-refractivity contribution in [3.63, 3.8) is 0 Å². The molecule has 0 bridgehead atoms. The number of aliphatic hydroxyl groups excluding tert-OH is 1. The molecule has 194 valence electrons. The van der Waals surface area contributed by atoms with Crippen LogP contribution < -0.4 is 9.46 Å². The zero-order valence-electron chi connectivity index (χ0n) is 18.5. The van der Waals surface area contributed by atoms with E-state index in [4.69, 9.17) is 4.74 Å². The maximum atomic E-state index is 14.5. The Balaban J connectivity index is 2.38. The van der Waals surface area contributed by atoms with Gasteiger partial charge < -0.3 is 19.5 Å². The summed E-state index contributed by atoms with van der Waals surface area (Å²) < 4.78 is 117. The number of ether oxygens (including phenoxy) is 1. The van der Waals surface area contributed by atoms with Crippen LogP contribution in [0.1, 0.15) is 32.0 Å². The van der Waals surface area contributed by atoms with Gasteiger partial charge in [-0.05, 0) is 51.1 Å². The second kappa shape index (κ2) is 8.76. The third-order valence-electron chi connectivity index (χ3n) is 5.41. The van der Waals surface area contributed by atoms with E-state index in [9.17, 15) is 45.5 Å². The van der Waals surface area contributed by atoms with Crippen molar-refractivity contribution in [3.05, 3.63) is 47.4 Å². The molecule has 0 amide bonds. The van der Waals surface area contributed by atoms with Crippen molar-refractivity contribution < 1.29 is 50.2 Å². The first kappa shape index (κ1) is 27.5. The fraction of sp³-hybridized carbons (Fsp3) is 0.476. The Hall–Kier alpha value is -2.13. The lowest BCUT2D eigenvalue weighted by Gasteiger charge is -2.35. The number of pyridine rings is 1. The van der Waals surface area contributed by atoms with E-state index in [1.54, 1.807) is 0 Å². The van der Waals surface area contributed by atoms with Gasteiger partial charge in [-0.1, -0.05) is 0 Å². The van der Waals surface area contributed by atoms with E-state index >= 15 is 0 Å². The molecule has 3 N–H and O–H groups in total. The molecule has 1 aliphatic rings. The summed E-state index contributed by atoms with van der Waals surface area (Å²) in [6.45, 7) is 0.982. The number of hydrogen-bond donors (Lipinski definition) is 3. The Morgan fingerprint density at radius 1 is 1.11 bits per heavy atom. The zero-order chi connectivity index (χ0) is 26.6. The molecule has 14 heteroatoms. The predicted molar refractivity (Wildman–Crippen MR) is 111 cm³/mol. The number of aromatic nitrogens is 1. The SMILES string of the molecule is CC(C)(C)[S+]([O-])N[C@@]1(C(F)(F)F)COc2c1cc([C@@](O)(CO)C(F)(F)F)nc2-c1ccc(F)cc1. The van der Waals surface area contributed by atoms with Gasteiger partial charge in [0.05, 0.1) is 12.3 Å². The molecule has 0 fully saturated rings. The van der Waals surface area contributed by atoms with Crippen LogP contribution in [0.25, 0.3) is 11.3 Å². The third-order valence-corrected chi connectivity index (χ3v) is 7.06. The molecule has 0 saturated heterocycles. The molecule has 1 aromatic heterocycles. The Morgan fingerprint density at radius 2 is 1.69 bits per heavy atom. The van der Waals surface area contributed by atoms with Crippen LogP contribution in [0.15, 0.2) is 30.3 Å². The number of halogens is 7. The number of alkyl halides is 6. The van der Waals surface area contributed by atoms with Gasteiger partial charge in [0.25, 0.3) is 0 Å². The number of nitrogens with one attached hydrogen (secondary N) is 1. The highest BCUT2D eigenvalue weighted by atomic mass is 32.2. The highest BCUT2D eigenvalue weighted by Gasteiger charge is 2.66. The summed E-state index contributed by atoms with van der Waals surface area (Å²) in [6, 6.07) is 4.21. The average Bonchev–Trinajstić information content (AvgIpc) is 3.11. The van der Waals surface area contributed by atoms with E-state index in [0.29, 0.717) is 6.07 Å². The van der Waals surface area contributed by atoms with Crippen molar-refractivity contribution in [1.82, 2.24) is 9.71 Å². The van der Waals surface area contributed by atoms with Gasteiger partial charge in [0.15, 0.2) is 5.75 Å². The fourth-order valence-corrected chi connectivity index (χ4v) is 4.18. The van der Waals surface area contributed by atoms with E-state index < -0.39 is 81.3 Å². The van der Waals surface area contributed by atoms with Crippen molar-refractivity contribution in [2.45, 2.75) is 49.0 Å². The maximum Gasteiger partial charge on any atom is 0.425 e. The fourth-order valence-electron chi connectivity index (χ4n) is 3.27. The molecular formula is C21H21F7N2O4S. The van der Waals surface area contributed by atoms with Crippen LogP contribution in [0.2, 0.25) is 0 Å². The van der Waals surface area contributed by atoms with Crippen LogP contribution in [0.4, 0.5) is 30.7 Å². The summed E-state index contributed by atoms with van der Waals surface area (Å²) in [5.74, 6) is -1.34. The Labute approximate surface area is 198 Å². The maximum absolute atomic E-state index is 14.5. The van der Waals surface area contributed by atoms with Crippen LogP contribution in [0.3, 0.4) is 0 Å². The Morgan fingerprint density at radius 3 is 2.14 bits per heavy atom. The van der Waals surface area contributed by atoms with Crippen LogP contribution in [0.5, 0.6) is 5.75 Å². The normalized spacial score (nSPS) is 21.3. The van der Waals surface area contributed by atoms with E-state index in [2.05, 4.69) is 4.98 Å². The molecule has 1 aromatic carbocycles. The minimum atomic E-state index is -5.54. The van der Waals surface area contributed by atoms with E-state index in [-0.39, 0.29) is 5.56 Å². The van der Waals surface area contributed by atoms with Crippen molar-refractivity contribution in [1.29, 1.82) is 0 Å². The largest absolute Gasteiger partial charge is 0.598 e. The second-order valence-electron chi connectivity index (χ2n) is 8.93. The van der Waals surface area contributed by atoms with Crippen LogP contribution in [-0.2, 0) is 22.5 Å². The summed E-state index contributed by atoms with van der Waals surface area (Å²) in [5, 5.41) is 19.6. The zero-order valence-corrected chi connectivity index (χ0v) is 19.3. The lowest BCUT2D eigenvalue weighted by molar-refractivity contribution is -0.279. The number of nitrogens with zero attached hydrogens (tertiary/aromatic N) is 1. The molecule has 2 aromatic rings. The number of aliphatic hydroxyl groups is 2. The molecule has 0 aliphatic carbocycles.